The van der Waals surface area contributed by atoms with Crippen LogP contribution in [0.2, 0.25) is 0 Å². The zero-order valence-corrected chi connectivity index (χ0v) is 10.2. The van der Waals surface area contributed by atoms with Gasteiger partial charge in [0.25, 0.3) is 0 Å². The highest BCUT2D eigenvalue weighted by molar-refractivity contribution is 5.85. The standard InChI is InChI=1S/C12H23NO2/c1-5-9(2)8-11(4)13-7-6-10(3)12(14)15/h6,9,11,13H,5,7-8H2,1-4H3,(H,14,15)/b10-6-. The largest absolute Gasteiger partial charge is 0.478 e. The molecule has 0 saturated heterocycles. The van der Waals surface area contributed by atoms with Gasteiger partial charge in [0.2, 0.25) is 0 Å². The van der Waals surface area contributed by atoms with Crippen molar-refractivity contribution in [1.29, 1.82) is 0 Å². The third kappa shape index (κ3) is 7.14. The molecule has 0 saturated carbocycles. The highest BCUT2D eigenvalue weighted by Gasteiger charge is 2.05. The molecule has 0 aliphatic heterocycles. The maximum Gasteiger partial charge on any atom is 0.330 e. The first-order valence-electron chi connectivity index (χ1n) is 5.60. The number of aliphatic carboxylic acids is 1. The molecule has 0 bridgehead atoms. The second-order valence-electron chi connectivity index (χ2n) is 4.25. The number of carboxylic acid groups (broad SMARTS) is 1. The molecule has 0 radical (unpaired) electrons. The van der Waals surface area contributed by atoms with E-state index in [1.807, 2.05) is 0 Å². The minimum Gasteiger partial charge on any atom is -0.478 e. The van der Waals surface area contributed by atoms with Crippen LogP contribution in [0.1, 0.15) is 40.5 Å². The average molecular weight is 213 g/mol. The Labute approximate surface area is 92.6 Å². The highest BCUT2D eigenvalue weighted by atomic mass is 16.4. The van der Waals surface area contributed by atoms with Gasteiger partial charge in [-0.1, -0.05) is 26.3 Å². The second-order valence-corrected chi connectivity index (χ2v) is 4.25. The Morgan fingerprint density at radius 3 is 2.53 bits per heavy atom. The smallest absolute Gasteiger partial charge is 0.330 e. The van der Waals surface area contributed by atoms with Crippen molar-refractivity contribution in [2.75, 3.05) is 6.54 Å². The first-order chi connectivity index (χ1) is 6.97. The summed E-state index contributed by atoms with van der Waals surface area (Å²) in [7, 11) is 0. The number of carbonyl (C=O) groups is 1. The van der Waals surface area contributed by atoms with E-state index in [9.17, 15) is 4.79 Å². The maximum atomic E-state index is 10.5. The molecule has 3 heteroatoms. The van der Waals surface area contributed by atoms with Gasteiger partial charge in [-0.15, -0.1) is 0 Å². The van der Waals surface area contributed by atoms with E-state index >= 15 is 0 Å². The fourth-order valence-electron chi connectivity index (χ4n) is 1.35. The molecule has 0 rings (SSSR count). The van der Waals surface area contributed by atoms with Crippen LogP contribution in [0.4, 0.5) is 0 Å². The van der Waals surface area contributed by atoms with Crippen molar-refractivity contribution in [3.63, 3.8) is 0 Å². The van der Waals surface area contributed by atoms with E-state index in [-0.39, 0.29) is 0 Å². The molecule has 0 fully saturated rings. The summed E-state index contributed by atoms with van der Waals surface area (Å²) in [5.41, 5.74) is 0.401. The summed E-state index contributed by atoms with van der Waals surface area (Å²) in [6.45, 7) is 8.80. The molecule has 2 unspecified atom stereocenters. The van der Waals surface area contributed by atoms with Gasteiger partial charge >= 0.3 is 5.97 Å². The van der Waals surface area contributed by atoms with Crippen molar-refractivity contribution < 1.29 is 9.90 Å². The van der Waals surface area contributed by atoms with Gasteiger partial charge < -0.3 is 10.4 Å². The number of hydrogen-bond donors (Lipinski definition) is 2. The van der Waals surface area contributed by atoms with Crippen molar-refractivity contribution in [3.8, 4) is 0 Å². The summed E-state index contributed by atoms with van der Waals surface area (Å²) in [6, 6.07) is 0.442. The quantitative estimate of drug-likeness (QED) is 0.639. The van der Waals surface area contributed by atoms with E-state index in [0.29, 0.717) is 18.2 Å². The van der Waals surface area contributed by atoms with Gasteiger partial charge in [-0.3, -0.25) is 0 Å². The number of carboxylic acids is 1. The van der Waals surface area contributed by atoms with Crippen LogP contribution in [0, 0.1) is 5.92 Å². The normalized spacial score (nSPS) is 16.1. The Kier molecular flexibility index (Phi) is 7.05. The predicted molar refractivity (Wildman–Crippen MR) is 62.9 cm³/mol. The Balaban J connectivity index is 3.76. The monoisotopic (exact) mass is 213 g/mol. The SMILES string of the molecule is CCC(C)CC(C)NC/C=C(/C)C(=O)O. The van der Waals surface area contributed by atoms with Crippen LogP contribution in [0.5, 0.6) is 0 Å². The van der Waals surface area contributed by atoms with Crippen LogP contribution >= 0.6 is 0 Å². The number of rotatable bonds is 7. The summed E-state index contributed by atoms with van der Waals surface area (Å²) >= 11 is 0. The van der Waals surface area contributed by atoms with Gasteiger partial charge in [0.15, 0.2) is 0 Å². The molecular weight excluding hydrogens is 190 g/mol. The lowest BCUT2D eigenvalue weighted by molar-refractivity contribution is -0.132. The lowest BCUT2D eigenvalue weighted by Gasteiger charge is -2.16. The molecule has 3 nitrogen and oxygen atoms in total. The van der Waals surface area contributed by atoms with Gasteiger partial charge in [0.1, 0.15) is 0 Å². The van der Waals surface area contributed by atoms with Gasteiger partial charge in [-0.25, -0.2) is 4.79 Å². The lowest BCUT2D eigenvalue weighted by atomic mass is 10.0. The lowest BCUT2D eigenvalue weighted by Crippen LogP contribution is -2.28. The Morgan fingerprint density at radius 1 is 1.47 bits per heavy atom. The molecule has 15 heavy (non-hydrogen) atoms. The van der Waals surface area contributed by atoms with E-state index in [2.05, 4.69) is 26.1 Å². The van der Waals surface area contributed by atoms with Crippen LogP contribution in [-0.4, -0.2) is 23.7 Å². The van der Waals surface area contributed by atoms with E-state index < -0.39 is 5.97 Å². The van der Waals surface area contributed by atoms with Crippen molar-refractivity contribution in [2.24, 2.45) is 5.92 Å². The molecule has 2 atom stereocenters. The van der Waals surface area contributed by atoms with Crippen molar-refractivity contribution in [2.45, 2.75) is 46.6 Å². The third-order valence-electron chi connectivity index (χ3n) is 2.66. The number of nitrogens with one attached hydrogen (secondary N) is 1. The van der Waals surface area contributed by atoms with E-state index in [1.54, 1.807) is 13.0 Å². The number of hydrogen-bond acceptors (Lipinski definition) is 2. The zero-order chi connectivity index (χ0) is 11.8. The predicted octanol–water partition coefficient (Wildman–Crippen LogP) is 2.43. The van der Waals surface area contributed by atoms with Crippen LogP contribution in [0.3, 0.4) is 0 Å². The van der Waals surface area contributed by atoms with Gasteiger partial charge in [-0.2, -0.15) is 0 Å². The van der Waals surface area contributed by atoms with E-state index in [1.165, 1.54) is 6.42 Å². The first kappa shape index (κ1) is 14.2. The minimum absolute atomic E-state index is 0.401. The van der Waals surface area contributed by atoms with Crippen LogP contribution in [0.25, 0.3) is 0 Å². The van der Waals surface area contributed by atoms with Gasteiger partial charge in [0.05, 0.1) is 0 Å². The second kappa shape index (κ2) is 7.46. The fourth-order valence-corrected chi connectivity index (χ4v) is 1.35. The molecule has 0 aromatic rings. The molecule has 0 aliphatic carbocycles. The molecule has 0 amide bonds. The molecule has 0 aliphatic rings. The van der Waals surface area contributed by atoms with Gasteiger partial charge in [-0.05, 0) is 26.2 Å². The van der Waals surface area contributed by atoms with Crippen molar-refractivity contribution in [3.05, 3.63) is 11.6 Å². The summed E-state index contributed by atoms with van der Waals surface area (Å²) in [5.74, 6) is -0.122. The highest BCUT2D eigenvalue weighted by Crippen LogP contribution is 2.09. The molecular formula is C12H23NO2. The fraction of sp³-hybridized carbons (Fsp3) is 0.750. The van der Waals surface area contributed by atoms with Gasteiger partial charge in [0, 0.05) is 18.2 Å². The molecule has 0 spiro atoms. The van der Waals surface area contributed by atoms with Crippen LogP contribution < -0.4 is 5.32 Å². The van der Waals surface area contributed by atoms with E-state index in [0.717, 1.165) is 12.3 Å². The van der Waals surface area contributed by atoms with E-state index in [4.69, 9.17) is 5.11 Å². The first-order valence-corrected chi connectivity index (χ1v) is 5.60. The summed E-state index contributed by atoms with van der Waals surface area (Å²) in [4.78, 5) is 10.5. The summed E-state index contributed by atoms with van der Waals surface area (Å²) < 4.78 is 0. The molecule has 0 heterocycles. The average Bonchev–Trinajstić information content (AvgIpc) is 2.17. The Hall–Kier alpha value is -0.830. The zero-order valence-electron chi connectivity index (χ0n) is 10.2. The molecule has 2 N–H and O–H groups in total. The minimum atomic E-state index is -0.841. The maximum absolute atomic E-state index is 10.5. The molecule has 88 valence electrons. The van der Waals surface area contributed by atoms with Crippen LogP contribution in [-0.2, 0) is 4.79 Å². The summed E-state index contributed by atoms with van der Waals surface area (Å²) in [6.07, 6.45) is 4.04. The Bertz CT molecular complexity index is 224. The third-order valence-corrected chi connectivity index (χ3v) is 2.66. The van der Waals surface area contributed by atoms with Crippen LogP contribution in [0.15, 0.2) is 11.6 Å². The van der Waals surface area contributed by atoms with Crippen molar-refractivity contribution >= 4 is 5.97 Å². The summed E-state index contributed by atoms with van der Waals surface area (Å²) in [5, 5.41) is 11.9. The molecule has 0 aromatic heterocycles. The topological polar surface area (TPSA) is 49.3 Å². The van der Waals surface area contributed by atoms with Crippen molar-refractivity contribution in [1.82, 2.24) is 5.32 Å². The molecule has 0 aromatic carbocycles. The Morgan fingerprint density at radius 2 is 2.07 bits per heavy atom.